The Morgan fingerprint density at radius 1 is 1.45 bits per heavy atom. The number of carbonyl (C=O) groups is 1. The van der Waals surface area contributed by atoms with E-state index >= 15 is 0 Å². The summed E-state index contributed by atoms with van der Waals surface area (Å²) >= 11 is 3.13. The lowest BCUT2D eigenvalue weighted by Crippen LogP contribution is -2.40. The molecule has 1 unspecified atom stereocenters. The number of ether oxygens (including phenoxy) is 2. The van der Waals surface area contributed by atoms with Gasteiger partial charge in [-0.25, -0.2) is 4.79 Å². The Labute approximate surface area is 119 Å². The molecule has 1 aromatic rings. The van der Waals surface area contributed by atoms with Gasteiger partial charge in [0.1, 0.15) is 11.5 Å². The molecule has 0 fully saturated rings. The molecule has 108 valence electrons. The second-order valence-corrected chi connectivity index (χ2v) is 4.82. The molecule has 20 heavy (non-hydrogen) atoms. The lowest BCUT2D eigenvalue weighted by molar-refractivity contribution is -0.187. The average molecular weight is 353 g/mol. The molecular weight excluding hydrogens is 345 g/mol. The number of aliphatic carboxylic acids is 1. The van der Waals surface area contributed by atoms with Crippen molar-refractivity contribution in [3.8, 4) is 11.5 Å². The normalized spacial score (nSPS) is 17.9. The zero-order valence-electron chi connectivity index (χ0n) is 9.99. The number of alkyl halides is 3. The molecule has 1 heterocycles. The van der Waals surface area contributed by atoms with Crippen molar-refractivity contribution >= 4 is 28.0 Å². The van der Waals surface area contributed by atoms with Crippen LogP contribution in [0.3, 0.4) is 0 Å². The zero-order chi connectivity index (χ0) is 15.1. The first-order valence-electron chi connectivity index (χ1n) is 5.30. The first kappa shape index (κ1) is 14.7. The highest BCUT2D eigenvalue weighted by molar-refractivity contribution is 9.10. The summed E-state index contributed by atoms with van der Waals surface area (Å²) in [6, 6.07) is 2.71. The predicted octanol–water partition coefficient (Wildman–Crippen LogP) is 3.25. The van der Waals surface area contributed by atoms with Gasteiger partial charge in [-0.15, -0.1) is 0 Å². The molecule has 1 atom stereocenters. The van der Waals surface area contributed by atoms with E-state index in [0.29, 0.717) is 10.2 Å². The van der Waals surface area contributed by atoms with Gasteiger partial charge in [0.15, 0.2) is 0 Å². The summed E-state index contributed by atoms with van der Waals surface area (Å²) in [6.07, 6.45) is -6.37. The van der Waals surface area contributed by atoms with E-state index in [4.69, 9.17) is 14.6 Å². The molecule has 2 rings (SSSR count). The Kier molecular flexibility index (Phi) is 3.68. The monoisotopic (exact) mass is 352 g/mol. The van der Waals surface area contributed by atoms with Crippen LogP contribution in [0, 0.1) is 0 Å². The number of carboxylic acid groups (broad SMARTS) is 1. The lowest BCUT2D eigenvalue weighted by atomic mass is 10.0. The van der Waals surface area contributed by atoms with Gasteiger partial charge in [-0.3, -0.25) is 0 Å². The highest BCUT2D eigenvalue weighted by Gasteiger charge is 2.48. The molecule has 0 radical (unpaired) electrons. The molecule has 1 aromatic carbocycles. The molecule has 0 saturated heterocycles. The van der Waals surface area contributed by atoms with E-state index in [2.05, 4.69) is 15.9 Å². The fraction of sp³-hybridized carbons (Fsp3) is 0.250. The van der Waals surface area contributed by atoms with Gasteiger partial charge in [0.05, 0.1) is 17.2 Å². The number of halogens is 4. The first-order chi connectivity index (χ1) is 9.24. The summed E-state index contributed by atoms with van der Waals surface area (Å²) in [4.78, 5) is 11.0. The number of fused-ring (bicyclic) bond motifs is 1. The van der Waals surface area contributed by atoms with E-state index in [1.165, 1.54) is 19.2 Å². The third-order valence-electron chi connectivity index (χ3n) is 2.67. The van der Waals surface area contributed by atoms with E-state index in [1.807, 2.05) is 0 Å². The molecule has 1 aliphatic rings. The maximum atomic E-state index is 12.8. The van der Waals surface area contributed by atoms with Gasteiger partial charge in [0, 0.05) is 5.56 Å². The van der Waals surface area contributed by atoms with Crippen molar-refractivity contribution in [2.24, 2.45) is 0 Å². The van der Waals surface area contributed by atoms with Crippen molar-refractivity contribution in [1.29, 1.82) is 0 Å². The first-order valence-corrected chi connectivity index (χ1v) is 6.09. The van der Waals surface area contributed by atoms with Gasteiger partial charge in [-0.05, 0) is 34.1 Å². The third kappa shape index (κ3) is 2.60. The summed E-state index contributed by atoms with van der Waals surface area (Å²) in [5, 5.41) is 8.89. The van der Waals surface area contributed by atoms with Crippen molar-refractivity contribution in [3.63, 3.8) is 0 Å². The molecule has 1 N–H and O–H groups in total. The number of benzene rings is 1. The quantitative estimate of drug-likeness (QED) is 0.887. The highest BCUT2D eigenvalue weighted by atomic mass is 79.9. The van der Waals surface area contributed by atoms with Gasteiger partial charge in [-0.2, -0.15) is 13.2 Å². The smallest absolute Gasteiger partial charge is 0.430 e. The summed E-state index contributed by atoms with van der Waals surface area (Å²) in [5.74, 6) is -1.39. The second kappa shape index (κ2) is 5.01. The van der Waals surface area contributed by atoms with Gasteiger partial charge >= 0.3 is 12.1 Å². The molecule has 0 aliphatic carbocycles. The molecule has 0 saturated carbocycles. The van der Waals surface area contributed by atoms with E-state index in [9.17, 15) is 18.0 Å². The van der Waals surface area contributed by atoms with Gasteiger partial charge in [-0.1, -0.05) is 0 Å². The van der Waals surface area contributed by atoms with Crippen LogP contribution < -0.4 is 9.47 Å². The summed E-state index contributed by atoms with van der Waals surface area (Å²) in [7, 11) is 1.39. The van der Waals surface area contributed by atoms with Crippen molar-refractivity contribution in [1.82, 2.24) is 0 Å². The zero-order valence-corrected chi connectivity index (χ0v) is 11.6. The summed E-state index contributed by atoms with van der Waals surface area (Å²) < 4.78 is 48.7. The maximum Gasteiger partial charge on any atom is 0.430 e. The van der Waals surface area contributed by atoms with Crippen LogP contribution in [0.5, 0.6) is 11.5 Å². The van der Waals surface area contributed by atoms with Crippen LogP contribution in [0.1, 0.15) is 5.56 Å². The van der Waals surface area contributed by atoms with Crippen molar-refractivity contribution in [3.05, 3.63) is 27.7 Å². The Bertz CT molecular complexity index is 595. The Hall–Kier alpha value is -1.70. The van der Waals surface area contributed by atoms with Crippen molar-refractivity contribution in [2.75, 3.05) is 7.11 Å². The summed E-state index contributed by atoms with van der Waals surface area (Å²) in [5.41, 5.74) is -0.655. The largest absolute Gasteiger partial charge is 0.496 e. The molecule has 1 aliphatic heterocycles. The Balaban J connectivity index is 2.57. The minimum atomic E-state index is -4.81. The van der Waals surface area contributed by atoms with E-state index < -0.39 is 23.8 Å². The predicted molar refractivity (Wildman–Crippen MR) is 66.8 cm³/mol. The van der Waals surface area contributed by atoms with E-state index in [-0.39, 0.29) is 11.3 Å². The Morgan fingerprint density at radius 3 is 2.60 bits per heavy atom. The van der Waals surface area contributed by atoms with Gasteiger partial charge in [0.25, 0.3) is 0 Å². The van der Waals surface area contributed by atoms with Crippen molar-refractivity contribution < 1.29 is 32.5 Å². The number of hydrogen-bond acceptors (Lipinski definition) is 3. The third-order valence-corrected chi connectivity index (χ3v) is 3.29. The molecule has 0 amide bonds. The van der Waals surface area contributed by atoms with Gasteiger partial charge in [0.2, 0.25) is 6.10 Å². The second-order valence-electron chi connectivity index (χ2n) is 3.97. The molecule has 0 aromatic heterocycles. The summed E-state index contributed by atoms with van der Waals surface area (Å²) in [6.45, 7) is 0. The van der Waals surface area contributed by atoms with Crippen LogP contribution in [-0.2, 0) is 4.79 Å². The van der Waals surface area contributed by atoms with Crippen molar-refractivity contribution in [2.45, 2.75) is 12.3 Å². The number of rotatable bonds is 2. The molecule has 0 spiro atoms. The fourth-order valence-electron chi connectivity index (χ4n) is 1.77. The molecule has 8 heteroatoms. The van der Waals surface area contributed by atoms with Crippen LogP contribution >= 0.6 is 15.9 Å². The van der Waals surface area contributed by atoms with Crippen LogP contribution in [-0.4, -0.2) is 30.5 Å². The van der Waals surface area contributed by atoms with Crippen LogP contribution in [0.15, 0.2) is 22.2 Å². The lowest BCUT2D eigenvalue weighted by Gasteiger charge is -2.27. The van der Waals surface area contributed by atoms with Crippen LogP contribution in [0.2, 0.25) is 0 Å². The number of carboxylic acids is 1. The standard InChI is InChI=1S/C12H8BrF3O4/c1-19-9-3-5-2-6(11(17)18)10(12(14,15)16)20-8(5)4-7(9)13/h2-4,10H,1H3,(H,17,18). The van der Waals surface area contributed by atoms with E-state index in [0.717, 1.165) is 6.08 Å². The van der Waals surface area contributed by atoms with E-state index in [1.54, 1.807) is 0 Å². The molecular formula is C12H8BrF3O4. The van der Waals surface area contributed by atoms with Crippen LogP contribution in [0.25, 0.3) is 6.08 Å². The molecule has 0 bridgehead atoms. The SMILES string of the molecule is COc1cc2c(cc1Br)OC(C(F)(F)F)C(C(=O)O)=C2. The maximum absolute atomic E-state index is 12.8. The minimum absolute atomic E-state index is 0.0648. The Morgan fingerprint density at radius 2 is 2.10 bits per heavy atom. The average Bonchev–Trinajstić information content (AvgIpc) is 2.35. The number of methoxy groups -OCH3 is 1. The van der Waals surface area contributed by atoms with Gasteiger partial charge < -0.3 is 14.6 Å². The fourth-order valence-corrected chi connectivity index (χ4v) is 2.26. The molecule has 4 nitrogen and oxygen atoms in total. The van der Waals surface area contributed by atoms with Crippen LogP contribution in [0.4, 0.5) is 13.2 Å². The topological polar surface area (TPSA) is 55.8 Å². The number of hydrogen-bond donors (Lipinski definition) is 1. The minimum Gasteiger partial charge on any atom is -0.496 e. The highest BCUT2D eigenvalue weighted by Crippen LogP contribution is 2.41.